The first-order chi connectivity index (χ1) is 11.1. The summed E-state index contributed by atoms with van der Waals surface area (Å²) in [5.41, 5.74) is 0.463. The summed E-state index contributed by atoms with van der Waals surface area (Å²) in [4.78, 5) is 15.1. The summed E-state index contributed by atoms with van der Waals surface area (Å²) in [6, 6.07) is 8.13. The molecular weight excluding hydrogens is 310 g/mol. The third kappa shape index (κ3) is 1.72. The Kier molecular flexibility index (Phi) is 2.82. The number of ether oxygens (including phenoxy) is 1. The molecule has 2 saturated heterocycles. The van der Waals surface area contributed by atoms with Crippen LogP contribution < -0.4 is 0 Å². The van der Waals surface area contributed by atoms with Crippen molar-refractivity contribution in [1.82, 2.24) is 4.90 Å². The van der Waals surface area contributed by atoms with Gasteiger partial charge in [0.25, 0.3) is 0 Å². The number of halogens is 1. The maximum atomic E-state index is 13.0. The van der Waals surface area contributed by atoms with E-state index in [2.05, 4.69) is 17.1 Å². The Balaban J connectivity index is 1.64. The lowest BCUT2D eigenvalue weighted by Crippen LogP contribution is -2.60. The molecule has 120 valence electrons. The SMILES string of the molecule is C[C@H]1C[C@@]2(c3ccc(Cl)cc3)OC[C@H]3[C@@H]([C@@H]4C=C[C@H]3C4)N2C1=O. The molecule has 5 rings (SSSR count). The summed E-state index contributed by atoms with van der Waals surface area (Å²) in [5, 5.41) is 0.714. The standard InChI is InChI=1S/C19H20ClNO2/c1-11-9-19(14-4-6-15(20)7-5-14)21(18(11)22)17-13-3-2-12(8-13)16(17)10-23-19/h2-7,11-13,16-17H,8-10H2,1H3/t11-,12-,13+,16+,17+,19-/m0/s1. The van der Waals surface area contributed by atoms with E-state index in [0.29, 0.717) is 28.8 Å². The molecular formula is C19H20ClNO2. The maximum absolute atomic E-state index is 13.0. The fourth-order valence-corrected chi connectivity index (χ4v) is 5.45. The van der Waals surface area contributed by atoms with E-state index in [1.165, 1.54) is 6.42 Å². The molecule has 23 heavy (non-hydrogen) atoms. The second-order valence-electron chi connectivity index (χ2n) is 7.52. The summed E-state index contributed by atoms with van der Waals surface area (Å²) >= 11 is 6.06. The van der Waals surface area contributed by atoms with Gasteiger partial charge in [0, 0.05) is 34.9 Å². The summed E-state index contributed by atoms with van der Waals surface area (Å²) < 4.78 is 6.45. The van der Waals surface area contributed by atoms with Gasteiger partial charge in [-0.25, -0.2) is 0 Å². The molecule has 1 amide bonds. The summed E-state index contributed by atoms with van der Waals surface area (Å²) in [6.07, 6.45) is 6.56. The lowest BCUT2D eigenvalue weighted by molar-refractivity contribution is -0.218. The van der Waals surface area contributed by atoms with Crippen LogP contribution in [0.25, 0.3) is 0 Å². The molecule has 4 aliphatic rings. The third-order valence-corrected chi connectivity index (χ3v) is 6.57. The molecule has 4 heteroatoms. The van der Waals surface area contributed by atoms with Gasteiger partial charge in [-0.15, -0.1) is 0 Å². The molecule has 0 N–H and O–H groups in total. The number of carbonyl (C=O) groups is 1. The van der Waals surface area contributed by atoms with E-state index in [0.717, 1.165) is 18.6 Å². The van der Waals surface area contributed by atoms with E-state index >= 15 is 0 Å². The van der Waals surface area contributed by atoms with Gasteiger partial charge in [0.15, 0.2) is 5.72 Å². The molecule has 3 fully saturated rings. The van der Waals surface area contributed by atoms with Gasteiger partial charge in [0.05, 0.1) is 6.61 Å². The molecule has 0 radical (unpaired) electrons. The Morgan fingerprint density at radius 2 is 1.96 bits per heavy atom. The van der Waals surface area contributed by atoms with Gasteiger partial charge < -0.3 is 9.64 Å². The van der Waals surface area contributed by atoms with Crippen molar-refractivity contribution in [3.8, 4) is 0 Å². The average Bonchev–Trinajstić information content (AvgIpc) is 3.22. The van der Waals surface area contributed by atoms with Crippen molar-refractivity contribution in [2.45, 2.75) is 31.5 Å². The number of amides is 1. The van der Waals surface area contributed by atoms with Crippen molar-refractivity contribution in [1.29, 1.82) is 0 Å². The van der Waals surface area contributed by atoms with Crippen LogP contribution in [0.2, 0.25) is 5.02 Å². The molecule has 2 aliphatic heterocycles. The number of benzene rings is 1. The van der Waals surface area contributed by atoms with E-state index in [9.17, 15) is 4.79 Å². The van der Waals surface area contributed by atoms with Gasteiger partial charge in [0.1, 0.15) is 0 Å². The van der Waals surface area contributed by atoms with Crippen LogP contribution in [-0.2, 0) is 15.3 Å². The van der Waals surface area contributed by atoms with E-state index in [1.54, 1.807) is 0 Å². The molecule has 6 atom stereocenters. The van der Waals surface area contributed by atoms with Gasteiger partial charge in [-0.3, -0.25) is 4.79 Å². The number of rotatable bonds is 1. The van der Waals surface area contributed by atoms with Crippen molar-refractivity contribution in [2.75, 3.05) is 6.61 Å². The predicted octanol–water partition coefficient (Wildman–Crippen LogP) is 3.58. The van der Waals surface area contributed by atoms with Crippen LogP contribution >= 0.6 is 11.6 Å². The number of hydrogen-bond acceptors (Lipinski definition) is 2. The molecule has 0 spiro atoms. The Hall–Kier alpha value is -1.32. The minimum Gasteiger partial charge on any atom is -0.351 e. The highest BCUT2D eigenvalue weighted by atomic mass is 35.5. The average molecular weight is 330 g/mol. The Bertz CT molecular complexity index is 700. The quantitative estimate of drug-likeness (QED) is 0.737. The van der Waals surface area contributed by atoms with Crippen LogP contribution in [0.3, 0.4) is 0 Å². The van der Waals surface area contributed by atoms with E-state index < -0.39 is 5.72 Å². The maximum Gasteiger partial charge on any atom is 0.228 e. The fraction of sp³-hybridized carbons (Fsp3) is 0.526. The smallest absolute Gasteiger partial charge is 0.228 e. The van der Waals surface area contributed by atoms with Crippen LogP contribution in [0.1, 0.15) is 25.3 Å². The first-order valence-corrected chi connectivity index (χ1v) is 8.89. The Morgan fingerprint density at radius 1 is 1.22 bits per heavy atom. The van der Waals surface area contributed by atoms with E-state index in [4.69, 9.17) is 16.3 Å². The molecule has 2 aliphatic carbocycles. The third-order valence-electron chi connectivity index (χ3n) is 6.32. The van der Waals surface area contributed by atoms with Gasteiger partial charge in [-0.05, 0) is 30.4 Å². The zero-order valence-corrected chi connectivity index (χ0v) is 13.9. The van der Waals surface area contributed by atoms with Gasteiger partial charge in [-0.2, -0.15) is 0 Å². The van der Waals surface area contributed by atoms with E-state index in [1.807, 2.05) is 31.2 Å². The molecule has 1 aromatic rings. The summed E-state index contributed by atoms with van der Waals surface area (Å²) in [7, 11) is 0. The highest BCUT2D eigenvalue weighted by molar-refractivity contribution is 6.30. The van der Waals surface area contributed by atoms with Gasteiger partial charge in [-0.1, -0.05) is 42.8 Å². The second kappa shape index (κ2) is 4.61. The Labute approximate surface area is 141 Å². The first-order valence-electron chi connectivity index (χ1n) is 8.52. The van der Waals surface area contributed by atoms with Crippen molar-refractivity contribution >= 4 is 17.5 Å². The number of fused-ring (bicyclic) bond motifs is 7. The zero-order valence-electron chi connectivity index (χ0n) is 13.1. The lowest BCUT2D eigenvalue weighted by Gasteiger charge is -2.51. The van der Waals surface area contributed by atoms with Crippen molar-refractivity contribution < 1.29 is 9.53 Å². The Morgan fingerprint density at radius 3 is 2.74 bits per heavy atom. The van der Waals surface area contributed by atoms with Gasteiger partial charge >= 0.3 is 0 Å². The minimum atomic E-state index is -0.597. The summed E-state index contributed by atoms with van der Waals surface area (Å²) in [5.74, 6) is 1.79. The zero-order chi connectivity index (χ0) is 15.8. The van der Waals surface area contributed by atoms with Crippen molar-refractivity contribution in [3.05, 3.63) is 47.0 Å². The number of carbonyl (C=O) groups excluding carboxylic acids is 1. The van der Waals surface area contributed by atoms with Crippen LogP contribution in [-0.4, -0.2) is 23.5 Å². The highest BCUT2D eigenvalue weighted by Crippen LogP contribution is 2.57. The molecule has 0 aromatic heterocycles. The molecule has 1 saturated carbocycles. The molecule has 2 heterocycles. The first kappa shape index (κ1) is 14.1. The van der Waals surface area contributed by atoms with Crippen LogP contribution in [0.15, 0.2) is 36.4 Å². The molecule has 1 aromatic carbocycles. The van der Waals surface area contributed by atoms with Crippen molar-refractivity contribution in [2.24, 2.45) is 23.7 Å². The molecule has 0 unspecified atom stereocenters. The van der Waals surface area contributed by atoms with Crippen LogP contribution in [0, 0.1) is 23.7 Å². The fourth-order valence-electron chi connectivity index (χ4n) is 5.32. The topological polar surface area (TPSA) is 29.5 Å². The second-order valence-corrected chi connectivity index (χ2v) is 7.95. The highest BCUT2D eigenvalue weighted by Gasteiger charge is 2.63. The predicted molar refractivity (Wildman–Crippen MR) is 87.7 cm³/mol. The van der Waals surface area contributed by atoms with Gasteiger partial charge in [0.2, 0.25) is 5.91 Å². The minimum absolute atomic E-state index is 0.00698. The number of nitrogens with zero attached hydrogens (tertiary/aromatic N) is 1. The lowest BCUT2D eigenvalue weighted by atomic mass is 9.84. The number of hydrogen-bond donors (Lipinski definition) is 0. The summed E-state index contributed by atoms with van der Waals surface area (Å²) in [6.45, 7) is 2.77. The van der Waals surface area contributed by atoms with Crippen LogP contribution in [0.5, 0.6) is 0 Å². The monoisotopic (exact) mass is 329 g/mol. The van der Waals surface area contributed by atoms with Crippen molar-refractivity contribution in [3.63, 3.8) is 0 Å². The molecule has 3 nitrogen and oxygen atoms in total. The molecule has 2 bridgehead atoms. The largest absolute Gasteiger partial charge is 0.351 e. The van der Waals surface area contributed by atoms with Crippen LogP contribution in [0.4, 0.5) is 0 Å². The normalized spacial score (nSPS) is 43.8. The van der Waals surface area contributed by atoms with E-state index in [-0.39, 0.29) is 11.8 Å². The number of allylic oxidation sites excluding steroid dienone is 1.